The van der Waals surface area contributed by atoms with E-state index in [-0.39, 0.29) is 17.2 Å². The Bertz CT molecular complexity index is 468. The third kappa shape index (κ3) is 3.67. The second-order valence-corrected chi connectivity index (χ2v) is 6.27. The first-order valence-electron chi connectivity index (χ1n) is 6.83. The van der Waals surface area contributed by atoms with Gasteiger partial charge >= 0.3 is 5.97 Å². The molecule has 6 heteroatoms. The first-order chi connectivity index (χ1) is 9.38. The Morgan fingerprint density at radius 1 is 1.40 bits per heavy atom. The fraction of sp³-hybridized carbons (Fsp3) is 0.643. The summed E-state index contributed by atoms with van der Waals surface area (Å²) in [6, 6.07) is 0. The maximum Gasteiger partial charge on any atom is 0.305 e. The SMILES string of the molecule is CC(C)(CC(=O)O)N1CCC(c2cnc(Cl)nc2)CC1. The molecule has 1 saturated heterocycles. The molecule has 110 valence electrons. The molecule has 1 N–H and O–H groups in total. The van der Waals surface area contributed by atoms with Crippen LogP contribution in [-0.2, 0) is 4.79 Å². The summed E-state index contributed by atoms with van der Waals surface area (Å²) in [5.41, 5.74) is 0.818. The van der Waals surface area contributed by atoms with Crippen LogP contribution in [0.1, 0.15) is 44.6 Å². The molecule has 1 aromatic rings. The minimum absolute atomic E-state index is 0.168. The summed E-state index contributed by atoms with van der Waals surface area (Å²) in [5, 5.41) is 9.25. The normalized spacial score (nSPS) is 18.1. The Labute approximate surface area is 124 Å². The van der Waals surface area contributed by atoms with Crippen molar-refractivity contribution in [1.82, 2.24) is 14.9 Å². The first kappa shape index (κ1) is 15.2. The highest BCUT2D eigenvalue weighted by molar-refractivity contribution is 6.28. The van der Waals surface area contributed by atoms with Crippen LogP contribution in [0.15, 0.2) is 12.4 Å². The monoisotopic (exact) mass is 297 g/mol. The summed E-state index contributed by atoms with van der Waals surface area (Å²) in [5.74, 6) is -0.313. The lowest BCUT2D eigenvalue weighted by Gasteiger charge is -2.42. The number of carboxylic acids is 1. The molecule has 1 aliphatic heterocycles. The maximum atomic E-state index is 10.9. The number of likely N-dealkylation sites (tertiary alicyclic amines) is 1. The maximum absolute atomic E-state index is 10.9. The Morgan fingerprint density at radius 2 is 1.95 bits per heavy atom. The molecule has 1 aliphatic rings. The number of rotatable bonds is 4. The van der Waals surface area contributed by atoms with Crippen molar-refractivity contribution in [2.75, 3.05) is 13.1 Å². The van der Waals surface area contributed by atoms with Crippen LogP contribution in [0.3, 0.4) is 0 Å². The van der Waals surface area contributed by atoms with Gasteiger partial charge in [0.25, 0.3) is 0 Å². The molecule has 0 spiro atoms. The van der Waals surface area contributed by atoms with Crippen molar-refractivity contribution in [3.63, 3.8) is 0 Å². The number of aliphatic carboxylic acids is 1. The van der Waals surface area contributed by atoms with Crippen LogP contribution >= 0.6 is 11.6 Å². The van der Waals surface area contributed by atoms with Gasteiger partial charge in [0.1, 0.15) is 0 Å². The Balaban J connectivity index is 1.95. The van der Waals surface area contributed by atoms with Gasteiger partial charge < -0.3 is 5.11 Å². The molecule has 0 unspecified atom stereocenters. The van der Waals surface area contributed by atoms with Gasteiger partial charge in [-0.1, -0.05) is 0 Å². The van der Waals surface area contributed by atoms with E-state index in [1.165, 1.54) is 0 Å². The number of halogens is 1. The Hall–Kier alpha value is -1.20. The van der Waals surface area contributed by atoms with Crippen molar-refractivity contribution in [2.45, 2.75) is 44.6 Å². The molecule has 1 fully saturated rings. The molecule has 20 heavy (non-hydrogen) atoms. The fourth-order valence-electron chi connectivity index (χ4n) is 2.83. The molecule has 0 bridgehead atoms. The van der Waals surface area contributed by atoms with Gasteiger partial charge in [0, 0.05) is 17.9 Å². The molecule has 5 nitrogen and oxygen atoms in total. The van der Waals surface area contributed by atoms with Crippen molar-refractivity contribution in [2.24, 2.45) is 0 Å². The zero-order valence-electron chi connectivity index (χ0n) is 11.8. The summed E-state index contributed by atoms with van der Waals surface area (Å²) in [4.78, 5) is 21.2. The lowest BCUT2D eigenvalue weighted by atomic mass is 9.87. The molecule has 0 aliphatic carbocycles. The highest BCUT2D eigenvalue weighted by Crippen LogP contribution is 2.31. The highest BCUT2D eigenvalue weighted by atomic mass is 35.5. The average Bonchev–Trinajstić information content (AvgIpc) is 2.38. The topological polar surface area (TPSA) is 66.3 Å². The van der Waals surface area contributed by atoms with Crippen LogP contribution in [0.5, 0.6) is 0 Å². The van der Waals surface area contributed by atoms with E-state index in [4.69, 9.17) is 16.7 Å². The second kappa shape index (κ2) is 6.06. The highest BCUT2D eigenvalue weighted by Gasteiger charge is 2.32. The van der Waals surface area contributed by atoms with Crippen molar-refractivity contribution in [3.05, 3.63) is 23.2 Å². The molecule has 0 aromatic carbocycles. The largest absolute Gasteiger partial charge is 0.481 e. The number of hydrogen-bond donors (Lipinski definition) is 1. The summed E-state index contributed by atoms with van der Waals surface area (Å²) in [6.07, 6.45) is 5.74. The van der Waals surface area contributed by atoms with E-state index in [9.17, 15) is 4.79 Å². The van der Waals surface area contributed by atoms with E-state index in [1.54, 1.807) is 12.4 Å². The van der Waals surface area contributed by atoms with Crippen LogP contribution in [0.25, 0.3) is 0 Å². The van der Waals surface area contributed by atoms with Crippen LogP contribution < -0.4 is 0 Å². The molecule has 0 saturated carbocycles. The van der Waals surface area contributed by atoms with Gasteiger partial charge in [-0.05, 0) is 62.9 Å². The lowest BCUT2D eigenvalue weighted by molar-refractivity contribution is -0.140. The van der Waals surface area contributed by atoms with Crippen molar-refractivity contribution in [3.8, 4) is 0 Å². The number of piperidine rings is 1. The second-order valence-electron chi connectivity index (χ2n) is 5.93. The minimum Gasteiger partial charge on any atom is -0.481 e. The van der Waals surface area contributed by atoms with E-state index in [0.29, 0.717) is 5.92 Å². The molecule has 2 heterocycles. The van der Waals surface area contributed by atoms with E-state index < -0.39 is 5.97 Å². The average molecular weight is 298 g/mol. The molecular formula is C14H20ClN3O2. The zero-order valence-corrected chi connectivity index (χ0v) is 12.6. The predicted molar refractivity (Wildman–Crippen MR) is 76.9 cm³/mol. The van der Waals surface area contributed by atoms with E-state index in [0.717, 1.165) is 31.5 Å². The molecule has 0 radical (unpaired) electrons. The van der Waals surface area contributed by atoms with Crippen LogP contribution in [0, 0.1) is 0 Å². The summed E-state index contributed by atoms with van der Waals surface area (Å²) < 4.78 is 0. The fourth-order valence-corrected chi connectivity index (χ4v) is 2.93. The van der Waals surface area contributed by atoms with Crippen LogP contribution in [0.2, 0.25) is 5.28 Å². The molecular weight excluding hydrogens is 278 g/mol. The van der Waals surface area contributed by atoms with Crippen molar-refractivity contribution >= 4 is 17.6 Å². The van der Waals surface area contributed by atoms with Gasteiger partial charge in [0.15, 0.2) is 0 Å². The smallest absolute Gasteiger partial charge is 0.305 e. The number of nitrogens with zero attached hydrogens (tertiary/aromatic N) is 3. The summed E-state index contributed by atoms with van der Waals surface area (Å²) >= 11 is 5.70. The lowest BCUT2D eigenvalue weighted by Crippen LogP contribution is -2.49. The van der Waals surface area contributed by atoms with Crippen LogP contribution in [-0.4, -0.2) is 44.6 Å². The summed E-state index contributed by atoms with van der Waals surface area (Å²) in [6.45, 7) is 5.78. The standard InChI is InChI=1S/C14H20ClN3O2/c1-14(2,7-12(19)20)18-5-3-10(4-6-18)11-8-16-13(15)17-9-11/h8-10H,3-7H2,1-2H3,(H,19,20). The Kier molecular flexibility index (Phi) is 4.60. The first-order valence-corrected chi connectivity index (χ1v) is 7.20. The molecule has 0 atom stereocenters. The zero-order chi connectivity index (χ0) is 14.8. The number of hydrogen-bond acceptors (Lipinski definition) is 4. The van der Waals surface area contributed by atoms with Gasteiger partial charge in [0.2, 0.25) is 5.28 Å². The summed E-state index contributed by atoms with van der Waals surface area (Å²) in [7, 11) is 0. The Morgan fingerprint density at radius 3 is 2.45 bits per heavy atom. The van der Waals surface area contributed by atoms with Gasteiger partial charge in [-0.2, -0.15) is 0 Å². The van der Waals surface area contributed by atoms with E-state index in [1.807, 2.05) is 13.8 Å². The third-order valence-corrected chi connectivity index (χ3v) is 4.24. The number of carbonyl (C=O) groups is 1. The van der Waals surface area contributed by atoms with Gasteiger partial charge in [-0.3, -0.25) is 9.69 Å². The van der Waals surface area contributed by atoms with Gasteiger partial charge in [-0.25, -0.2) is 9.97 Å². The number of aromatic nitrogens is 2. The van der Waals surface area contributed by atoms with Crippen molar-refractivity contribution < 1.29 is 9.90 Å². The molecule has 0 amide bonds. The number of carboxylic acid groups (broad SMARTS) is 1. The molecule has 2 rings (SSSR count). The van der Waals surface area contributed by atoms with Gasteiger partial charge in [-0.15, -0.1) is 0 Å². The third-order valence-electron chi connectivity index (χ3n) is 4.05. The van der Waals surface area contributed by atoms with E-state index >= 15 is 0 Å². The quantitative estimate of drug-likeness (QED) is 0.865. The van der Waals surface area contributed by atoms with E-state index in [2.05, 4.69) is 14.9 Å². The molecule has 1 aromatic heterocycles. The predicted octanol–water partition coefficient (Wildman–Crippen LogP) is 2.56. The van der Waals surface area contributed by atoms with Crippen LogP contribution in [0.4, 0.5) is 0 Å². The van der Waals surface area contributed by atoms with Crippen molar-refractivity contribution in [1.29, 1.82) is 0 Å². The minimum atomic E-state index is -0.747. The van der Waals surface area contributed by atoms with Gasteiger partial charge in [0.05, 0.1) is 6.42 Å².